The first-order valence-electron chi connectivity index (χ1n) is 7.40. The van der Waals surface area contributed by atoms with E-state index in [9.17, 15) is 4.39 Å². The highest BCUT2D eigenvalue weighted by Crippen LogP contribution is 2.23. The lowest BCUT2D eigenvalue weighted by Gasteiger charge is -2.36. The van der Waals surface area contributed by atoms with Crippen LogP contribution in [0.25, 0.3) is 12.2 Å². The van der Waals surface area contributed by atoms with Gasteiger partial charge in [0, 0.05) is 24.1 Å². The zero-order valence-corrected chi connectivity index (χ0v) is 12.4. The van der Waals surface area contributed by atoms with E-state index in [1.54, 1.807) is 6.08 Å². The SMILES string of the molecule is Cc1cc2c([nH]1)=CC(F)C(OC1CCN(C)C[C@@H]1C)C=2. The Morgan fingerprint density at radius 2 is 2.20 bits per heavy atom. The molecule has 1 aromatic heterocycles. The Morgan fingerprint density at radius 3 is 2.95 bits per heavy atom. The number of H-pyrrole nitrogens is 1. The van der Waals surface area contributed by atoms with Crippen molar-refractivity contribution >= 4 is 12.2 Å². The molecule has 1 aromatic rings. The Hall–Kier alpha value is -1.13. The Bertz CT molecular complexity index is 594. The number of hydrogen-bond acceptors (Lipinski definition) is 2. The summed E-state index contributed by atoms with van der Waals surface area (Å²) in [5.74, 6) is 0.448. The van der Waals surface area contributed by atoms with E-state index < -0.39 is 12.3 Å². The predicted octanol–water partition coefficient (Wildman–Crippen LogP) is 0.961. The number of nitrogens with one attached hydrogen (secondary N) is 1. The van der Waals surface area contributed by atoms with Gasteiger partial charge in [-0.3, -0.25) is 0 Å². The molecule has 1 N–H and O–H groups in total. The van der Waals surface area contributed by atoms with Crippen LogP contribution in [0.15, 0.2) is 6.07 Å². The highest BCUT2D eigenvalue weighted by molar-refractivity contribution is 5.45. The van der Waals surface area contributed by atoms with Crippen LogP contribution in [0.4, 0.5) is 4.39 Å². The highest BCUT2D eigenvalue weighted by atomic mass is 19.1. The van der Waals surface area contributed by atoms with Crippen LogP contribution in [0.5, 0.6) is 0 Å². The molecule has 0 saturated carbocycles. The number of aromatic nitrogens is 1. The normalized spacial score (nSPS) is 34.2. The molecular weight excluding hydrogens is 255 g/mol. The average Bonchev–Trinajstić information content (AvgIpc) is 2.72. The van der Waals surface area contributed by atoms with Gasteiger partial charge in [-0.05, 0) is 49.7 Å². The smallest absolute Gasteiger partial charge is 0.150 e. The molecule has 4 atom stereocenters. The highest BCUT2D eigenvalue weighted by Gasteiger charge is 2.30. The third-order valence-corrected chi connectivity index (χ3v) is 4.36. The topological polar surface area (TPSA) is 28.3 Å². The van der Waals surface area contributed by atoms with Gasteiger partial charge in [0.1, 0.15) is 6.10 Å². The minimum Gasteiger partial charge on any atom is -0.367 e. The maximum Gasteiger partial charge on any atom is 0.150 e. The second kappa shape index (κ2) is 5.34. The number of likely N-dealkylation sites (tertiary alicyclic amines) is 1. The van der Waals surface area contributed by atoms with E-state index in [2.05, 4.69) is 23.9 Å². The third kappa shape index (κ3) is 2.67. The maximum atomic E-state index is 14.3. The van der Waals surface area contributed by atoms with Gasteiger partial charge in [0.2, 0.25) is 0 Å². The van der Waals surface area contributed by atoms with Gasteiger partial charge in [0.05, 0.1) is 6.10 Å². The molecule has 20 heavy (non-hydrogen) atoms. The molecule has 110 valence electrons. The number of fused-ring (bicyclic) bond motifs is 1. The van der Waals surface area contributed by atoms with Crippen LogP contribution in [-0.4, -0.2) is 48.4 Å². The molecule has 1 aliphatic carbocycles. The van der Waals surface area contributed by atoms with E-state index in [0.717, 1.165) is 35.8 Å². The minimum atomic E-state index is -1.06. The van der Waals surface area contributed by atoms with Gasteiger partial charge in [-0.1, -0.05) is 6.92 Å². The summed E-state index contributed by atoms with van der Waals surface area (Å²) >= 11 is 0. The Labute approximate surface area is 119 Å². The quantitative estimate of drug-likeness (QED) is 0.873. The van der Waals surface area contributed by atoms with Gasteiger partial charge < -0.3 is 14.6 Å². The standard InChI is InChI=1S/C16H23FN2O/c1-10-9-19(3)5-4-15(10)20-16-7-12-6-11(2)18-14(12)8-13(16)17/h6-8,10,13,15-16,18H,4-5,9H2,1-3H3/t10-,13?,15?,16?/m0/s1. The molecule has 3 nitrogen and oxygen atoms in total. The molecule has 0 amide bonds. The van der Waals surface area contributed by atoms with E-state index in [4.69, 9.17) is 4.74 Å². The van der Waals surface area contributed by atoms with Gasteiger partial charge in [-0.15, -0.1) is 0 Å². The summed E-state index contributed by atoms with van der Waals surface area (Å²) in [5, 5.41) is 1.94. The van der Waals surface area contributed by atoms with Crippen LogP contribution in [-0.2, 0) is 4.74 Å². The summed E-state index contributed by atoms with van der Waals surface area (Å²) in [6, 6.07) is 2.05. The number of piperidine rings is 1. The fraction of sp³-hybridized carbons (Fsp3) is 0.625. The van der Waals surface area contributed by atoms with E-state index in [1.807, 2.05) is 19.1 Å². The first kappa shape index (κ1) is 13.8. The lowest BCUT2D eigenvalue weighted by molar-refractivity contribution is -0.0589. The molecular formula is C16H23FN2O. The Morgan fingerprint density at radius 1 is 1.40 bits per heavy atom. The molecule has 2 aliphatic rings. The first-order valence-corrected chi connectivity index (χ1v) is 7.40. The van der Waals surface area contributed by atoms with E-state index in [-0.39, 0.29) is 6.10 Å². The van der Waals surface area contributed by atoms with Crippen molar-refractivity contribution in [2.45, 2.75) is 38.6 Å². The number of rotatable bonds is 2. The number of aromatic amines is 1. The molecule has 0 radical (unpaired) electrons. The van der Waals surface area contributed by atoms with Crippen molar-refractivity contribution in [3.8, 4) is 0 Å². The predicted molar refractivity (Wildman–Crippen MR) is 78.5 cm³/mol. The van der Waals surface area contributed by atoms with Gasteiger partial charge in [0.15, 0.2) is 6.17 Å². The number of aryl methyl sites for hydroxylation is 1. The lowest BCUT2D eigenvalue weighted by Crippen LogP contribution is -2.45. The number of halogens is 1. The van der Waals surface area contributed by atoms with E-state index in [1.165, 1.54) is 0 Å². The van der Waals surface area contributed by atoms with Crippen molar-refractivity contribution in [1.29, 1.82) is 0 Å². The molecule has 1 saturated heterocycles. The van der Waals surface area contributed by atoms with Gasteiger partial charge in [0.25, 0.3) is 0 Å². The van der Waals surface area contributed by atoms with E-state index >= 15 is 0 Å². The fourth-order valence-corrected chi connectivity index (χ4v) is 3.28. The molecule has 1 aliphatic heterocycles. The number of hydrogen-bond donors (Lipinski definition) is 1. The summed E-state index contributed by atoms with van der Waals surface area (Å²) in [6.45, 7) is 6.22. The summed E-state index contributed by atoms with van der Waals surface area (Å²) in [6.07, 6.45) is 3.19. The second-order valence-corrected chi connectivity index (χ2v) is 6.27. The number of nitrogens with zero attached hydrogens (tertiary/aromatic N) is 1. The average molecular weight is 278 g/mol. The molecule has 3 rings (SSSR count). The van der Waals surface area contributed by atoms with Crippen molar-refractivity contribution < 1.29 is 9.13 Å². The van der Waals surface area contributed by atoms with Gasteiger partial charge >= 0.3 is 0 Å². The number of ether oxygens (including phenoxy) is 1. The van der Waals surface area contributed by atoms with Crippen molar-refractivity contribution in [2.75, 3.05) is 20.1 Å². The monoisotopic (exact) mass is 278 g/mol. The summed E-state index contributed by atoms with van der Waals surface area (Å²) in [7, 11) is 2.13. The Kier molecular flexibility index (Phi) is 3.69. The maximum absolute atomic E-state index is 14.3. The van der Waals surface area contributed by atoms with E-state index in [0.29, 0.717) is 5.92 Å². The zero-order valence-electron chi connectivity index (χ0n) is 12.4. The zero-order chi connectivity index (χ0) is 14.3. The summed E-state index contributed by atoms with van der Waals surface area (Å²) in [4.78, 5) is 5.48. The van der Waals surface area contributed by atoms with Crippen LogP contribution in [0, 0.1) is 12.8 Å². The van der Waals surface area contributed by atoms with Crippen LogP contribution in [0.2, 0.25) is 0 Å². The molecule has 1 fully saturated rings. The molecule has 2 heterocycles. The first-order chi connectivity index (χ1) is 9.52. The molecule has 3 unspecified atom stereocenters. The van der Waals surface area contributed by atoms with Crippen molar-refractivity contribution in [3.63, 3.8) is 0 Å². The largest absolute Gasteiger partial charge is 0.367 e. The van der Waals surface area contributed by atoms with Crippen molar-refractivity contribution in [3.05, 3.63) is 22.3 Å². The van der Waals surface area contributed by atoms with Crippen LogP contribution < -0.4 is 10.6 Å². The number of alkyl halides is 1. The van der Waals surface area contributed by atoms with Gasteiger partial charge in [-0.25, -0.2) is 4.39 Å². The minimum absolute atomic E-state index is 0.153. The van der Waals surface area contributed by atoms with Crippen LogP contribution >= 0.6 is 0 Å². The lowest BCUT2D eigenvalue weighted by atomic mass is 9.96. The molecule has 0 bridgehead atoms. The third-order valence-electron chi connectivity index (χ3n) is 4.36. The van der Waals surface area contributed by atoms with Gasteiger partial charge in [-0.2, -0.15) is 0 Å². The molecule has 0 spiro atoms. The van der Waals surface area contributed by atoms with Crippen molar-refractivity contribution in [2.24, 2.45) is 5.92 Å². The second-order valence-electron chi connectivity index (χ2n) is 6.27. The van der Waals surface area contributed by atoms with Crippen LogP contribution in [0.3, 0.4) is 0 Å². The summed E-state index contributed by atoms with van der Waals surface area (Å²) in [5.41, 5.74) is 1.06. The summed E-state index contributed by atoms with van der Waals surface area (Å²) < 4.78 is 20.3. The molecule has 4 heteroatoms. The molecule has 0 aromatic carbocycles. The fourth-order valence-electron chi connectivity index (χ4n) is 3.28. The van der Waals surface area contributed by atoms with Crippen LogP contribution in [0.1, 0.15) is 19.0 Å². The van der Waals surface area contributed by atoms with Crippen molar-refractivity contribution in [1.82, 2.24) is 9.88 Å². The Balaban J connectivity index is 1.77.